The lowest BCUT2D eigenvalue weighted by Crippen LogP contribution is -2.50. The molecule has 0 bridgehead atoms. The summed E-state index contributed by atoms with van der Waals surface area (Å²) in [5, 5.41) is 2.83. The van der Waals surface area contributed by atoms with Gasteiger partial charge in [0.25, 0.3) is 11.9 Å². The average molecular weight is 205 g/mol. The van der Waals surface area contributed by atoms with Gasteiger partial charge in [-0.3, -0.25) is 9.59 Å². The minimum absolute atomic E-state index is 0.395. The van der Waals surface area contributed by atoms with Crippen LogP contribution in [-0.2, 0) is 18.4 Å². The molecule has 0 aromatic heterocycles. The molecule has 0 rings (SSSR count). The Balaban J connectivity index is 4.32. The Kier molecular flexibility index (Phi) is 4.64. The molecule has 0 fully saturated rings. The largest absolute Gasteiger partial charge is 0.484 e. The maximum Gasteiger partial charge on any atom is 0.475 e. The van der Waals surface area contributed by atoms with Crippen LogP contribution < -0.4 is 5.32 Å². The minimum atomic E-state index is -2.69. The second-order valence-electron chi connectivity index (χ2n) is 2.85. The van der Waals surface area contributed by atoms with Crippen LogP contribution in [0.5, 0.6) is 0 Å². The first-order valence-corrected chi connectivity index (χ1v) is 6.46. The smallest absolute Gasteiger partial charge is 0.475 e. The second kappa shape index (κ2) is 4.98. The lowest BCUT2D eigenvalue weighted by Gasteiger charge is -2.24. The van der Waals surface area contributed by atoms with Gasteiger partial charge in [0, 0.05) is 20.4 Å². The fraction of sp³-hybridized carbons (Fsp3) is 0.714. The van der Waals surface area contributed by atoms with Crippen molar-refractivity contribution in [2.75, 3.05) is 13.2 Å². The normalized spacial score (nSPS) is 10.8. The summed E-state index contributed by atoms with van der Waals surface area (Å²) in [7, 11) is -0.979. The van der Waals surface area contributed by atoms with Gasteiger partial charge in [0.05, 0.1) is 6.17 Å². The fourth-order valence-electron chi connectivity index (χ4n) is 1.02. The Morgan fingerprint density at radius 2 is 1.62 bits per heavy atom. The van der Waals surface area contributed by atoms with Gasteiger partial charge in [-0.15, -0.1) is 0 Å². The predicted molar refractivity (Wildman–Crippen MR) is 49.1 cm³/mol. The molecular weight excluding hydrogens is 190 g/mol. The summed E-state index contributed by atoms with van der Waals surface area (Å²) >= 11 is 0. The average Bonchev–Trinajstić information content (AvgIpc) is 1.81. The molecule has 6 heteroatoms. The van der Waals surface area contributed by atoms with E-state index in [9.17, 15) is 9.59 Å². The standard InChI is InChI=1S/C7H15NO4Si/c1-6(9)11-13(4,5-8-3)12-7(2)10/h8H,5H2,1-4H3. The molecule has 0 spiro atoms. The van der Waals surface area contributed by atoms with E-state index in [2.05, 4.69) is 5.32 Å². The summed E-state index contributed by atoms with van der Waals surface area (Å²) in [6, 6.07) is 0. The molecule has 0 radical (unpaired) electrons. The predicted octanol–water partition coefficient (Wildman–Crippen LogP) is -0.0568. The van der Waals surface area contributed by atoms with Gasteiger partial charge in [0.15, 0.2) is 0 Å². The number of carbonyl (C=O) groups is 2. The first-order valence-electron chi connectivity index (χ1n) is 3.93. The first-order chi connectivity index (χ1) is 5.89. The molecular formula is C7H15NO4Si. The third-order valence-corrected chi connectivity index (χ3v) is 3.65. The third-order valence-electron chi connectivity index (χ3n) is 1.22. The van der Waals surface area contributed by atoms with E-state index >= 15 is 0 Å². The number of nitrogens with one attached hydrogen (secondary N) is 1. The van der Waals surface area contributed by atoms with Crippen LogP contribution in [-0.4, -0.2) is 33.7 Å². The highest BCUT2D eigenvalue weighted by atomic mass is 28.4. The van der Waals surface area contributed by atoms with Crippen molar-refractivity contribution in [1.82, 2.24) is 5.32 Å². The monoisotopic (exact) mass is 205 g/mol. The van der Waals surface area contributed by atoms with Crippen molar-refractivity contribution < 1.29 is 18.4 Å². The molecule has 0 saturated heterocycles. The number of hydrogen-bond donors (Lipinski definition) is 1. The SMILES string of the molecule is CNC[Si](C)(OC(C)=O)OC(C)=O. The van der Waals surface area contributed by atoms with Gasteiger partial charge < -0.3 is 14.2 Å². The van der Waals surface area contributed by atoms with Gasteiger partial charge in [-0.1, -0.05) is 0 Å². The summed E-state index contributed by atoms with van der Waals surface area (Å²) in [5.74, 6) is -0.851. The summed E-state index contributed by atoms with van der Waals surface area (Å²) in [6.45, 7) is 4.25. The van der Waals surface area contributed by atoms with Crippen LogP contribution in [0.15, 0.2) is 0 Å². The lowest BCUT2D eigenvalue weighted by molar-refractivity contribution is -0.138. The summed E-state index contributed by atoms with van der Waals surface area (Å²) < 4.78 is 9.97. The van der Waals surface area contributed by atoms with Crippen molar-refractivity contribution in [3.63, 3.8) is 0 Å². The highest BCUT2D eigenvalue weighted by Crippen LogP contribution is 2.06. The van der Waals surface area contributed by atoms with Crippen molar-refractivity contribution in [2.24, 2.45) is 0 Å². The maximum absolute atomic E-state index is 10.7. The summed E-state index contributed by atoms with van der Waals surface area (Å²) in [6.07, 6.45) is 0.395. The zero-order valence-electron chi connectivity index (χ0n) is 8.34. The van der Waals surface area contributed by atoms with E-state index in [-0.39, 0.29) is 0 Å². The first kappa shape index (κ1) is 12.1. The molecule has 1 N–H and O–H groups in total. The van der Waals surface area contributed by atoms with Gasteiger partial charge in [0.1, 0.15) is 0 Å². The maximum atomic E-state index is 10.7. The van der Waals surface area contributed by atoms with E-state index in [1.54, 1.807) is 13.6 Å². The van der Waals surface area contributed by atoms with Crippen LogP contribution in [0.3, 0.4) is 0 Å². The van der Waals surface area contributed by atoms with E-state index in [1.807, 2.05) is 0 Å². The molecule has 13 heavy (non-hydrogen) atoms. The van der Waals surface area contributed by atoms with E-state index in [0.717, 1.165) is 0 Å². The van der Waals surface area contributed by atoms with Gasteiger partial charge in [-0.05, 0) is 7.05 Å². The van der Waals surface area contributed by atoms with Gasteiger partial charge >= 0.3 is 8.56 Å². The minimum Gasteiger partial charge on any atom is -0.484 e. The highest BCUT2D eigenvalue weighted by molar-refractivity contribution is 6.69. The van der Waals surface area contributed by atoms with Gasteiger partial charge in [0.2, 0.25) is 0 Å². The lowest BCUT2D eigenvalue weighted by atomic mass is 10.9. The van der Waals surface area contributed by atoms with Crippen molar-refractivity contribution in [3.8, 4) is 0 Å². The molecule has 0 aliphatic carbocycles. The van der Waals surface area contributed by atoms with E-state index in [4.69, 9.17) is 8.85 Å². The fourth-order valence-corrected chi connectivity index (χ4v) is 3.07. The van der Waals surface area contributed by atoms with Crippen LogP contribution >= 0.6 is 0 Å². The zero-order valence-corrected chi connectivity index (χ0v) is 9.34. The molecule has 0 aromatic carbocycles. The van der Waals surface area contributed by atoms with Crippen LogP contribution in [0, 0.1) is 0 Å². The zero-order chi connectivity index (χ0) is 10.5. The summed E-state index contributed by atoms with van der Waals surface area (Å²) in [5.41, 5.74) is 0. The third kappa shape index (κ3) is 5.37. The number of carbonyl (C=O) groups excluding carboxylic acids is 2. The quantitative estimate of drug-likeness (QED) is 0.652. The van der Waals surface area contributed by atoms with E-state index in [0.29, 0.717) is 6.17 Å². The molecule has 0 aliphatic heterocycles. The number of hydrogen-bond acceptors (Lipinski definition) is 5. The molecule has 0 aliphatic rings. The van der Waals surface area contributed by atoms with Crippen molar-refractivity contribution in [2.45, 2.75) is 20.4 Å². The Morgan fingerprint density at radius 1 is 1.23 bits per heavy atom. The molecule has 0 amide bonds. The highest BCUT2D eigenvalue weighted by Gasteiger charge is 2.37. The Morgan fingerprint density at radius 3 is 1.85 bits per heavy atom. The molecule has 0 atom stereocenters. The molecule has 76 valence electrons. The van der Waals surface area contributed by atoms with Crippen LogP contribution in [0.25, 0.3) is 0 Å². The molecule has 0 saturated carbocycles. The summed E-state index contributed by atoms with van der Waals surface area (Å²) in [4.78, 5) is 21.4. The van der Waals surface area contributed by atoms with Gasteiger partial charge in [-0.2, -0.15) is 0 Å². The molecule has 0 heterocycles. The van der Waals surface area contributed by atoms with E-state index in [1.165, 1.54) is 13.8 Å². The van der Waals surface area contributed by atoms with Crippen LogP contribution in [0.2, 0.25) is 6.55 Å². The van der Waals surface area contributed by atoms with Crippen molar-refractivity contribution >= 4 is 20.5 Å². The van der Waals surface area contributed by atoms with Crippen LogP contribution in [0.4, 0.5) is 0 Å². The number of rotatable bonds is 4. The Labute approximate surface area is 78.7 Å². The van der Waals surface area contributed by atoms with Crippen molar-refractivity contribution in [1.29, 1.82) is 0 Å². The van der Waals surface area contributed by atoms with Crippen molar-refractivity contribution in [3.05, 3.63) is 0 Å². The van der Waals surface area contributed by atoms with Crippen LogP contribution in [0.1, 0.15) is 13.8 Å². The second-order valence-corrected chi connectivity index (χ2v) is 5.88. The Bertz CT molecular complexity index is 191. The molecule has 0 unspecified atom stereocenters. The Hall–Kier alpha value is -0.883. The topological polar surface area (TPSA) is 64.6 Å². The van der Waals surface area contributed by atoms with E-state index < -0.39 is 20.5 Å². The van der Waals surface area contributed by atoms with Gasteiger partial charge in [-0.25, -0.2) is 0 Å². The molecule has 0 aromatic rings. The molecule has 5 nitrogen and oxygen atoms in total.